The van der Waals surface area contributed by atoms with Gasteiger partial charge in [-0.3, -0.25) is 9.10 Å². The average molecular weight is 469 g/mol. The molecule has 174 valence electrons. The number of sulfonamides is 1. The summed E-state index contributed by atoms with van der Waals surface area (Å²) in [6, 6.07) is 18.1. The Hall–Kier alpha value is -3.52. The van der Waals surface area contributed by atoms with Gasteiger partial charge in [0.1, 0.15) is 11.5 Å². The molecule has 8 heteroatoms. The van der Waals surface area contributed by atoms with Crippen molar-refractivity contribution in [2.45, 2.75) is 24.8 Å². The van der Waals surface area contributed by atoms with Crippen LogP contribution in [0.4, 0.5) is 5.69 Å². The fourth-order valence-corrected chi connectivity index (χ4v) is 4.56. The maximum atomic E-state index is 12.9. The molecule has 0 aromatic heterocycles. The fourth-order valence-electron chi connectivity index (χ4n) is 3.37. The van der Waals surface area contributed by atoms with Gasteiger partial charge >= 0.3 is 0 Å². The molecule has 0 aliphatic carbocycles. The summed E-state index contributed by atoms with van der Waals surface area (Å²) in [5.41, 5.74) is 2.63. The summed E-state index contributed by atoms with van der Waals surface area (Å²) >= 11 is 0. The molecular weight excluding hydrogens is 440 g/mol. The summed E-state index contributed by atoms with van der Waals surface area (Å²) in [6.07, 6.45) is 0. The summed E-state index contributed by atoms with van der Waals surface area (Å²) in [5, 5.41) is 2.94. The molecule has 0 aliphatic rings. The van der Waals surface area contributed by atoms with Crippen LogP contribution in [-0.2, 0) is 10.0 Å². The number of benzene rings is 3. The summed E-state index contributed by atoms with van der Waals surface area (Å²) in [4.78, 5) is 13.0. The van der Waals surface area contributed by atoms with Crippen molar-refractivity contribution in [1.29, 1.82) is 0 Å². The van der Waals surface area contributed by atoms with Gasteiger partial charge in [-0.15, -0.1) is 0 Å². The summed E-state index contributed by atoms with van der Waals surface area (Å²) in [7, 11) is 0.928. The van der Waals surface area contributed by atoms with Crippen molar-refractivity contribution < 1.29 is 22.7 Å². The van der Waals surface area contributed by atoms with Crippen molar-refractivity contribution in [2.24, 2.45) is 0 Å². The highest BCUT2D eigenvalue weighted by Gasteiger charge is 2.22. The van der Waals surface area contributed by atoms with Gasteiger partial charge in [0, 0.05) is 18.2 Å². The number of amides is 1. The number of anilines is 1. The van der Waals surface area contributed by atoms with Gasteiger partial charge < -0.3 is 14.8 Å². The van der Waals surface area contributed by atoms with E-state index in [0.717, 1.165) is 11.1 Å². The SMILES string of the molecule is COc1ccc(OC)c([C@@H](C)NC(=O)c2ccc(N(C)S(=O)(=O)c3ccc(C)cc3)cc2)c1. The molecule has 0 saturated heterocycles. The minimum absolute atomic E-state index is 0.207. The number of ether oxygens (including phenoxy) is 2. The van der Waals surface area contributed by atoms with Crippen LogP contribution in [0.25, 0.3) is 0 Å². The Morgan fingerprint density at radius 2 is 1.58 bits per heavy atom. The summed E-state index contributed by atoms with van der Waals surface area (Å²) in [6.45, 7) is 3.75. The van der Waals surface area contributed by atoms with Gasteiger partial charge in [-0.05, 0) is 68.4 Å². The van der Waals surface area contributed by atoms with E-state index in [1.54, 1.807) is 74.9 Å². The molecule has 1 atom stereocenters. The molecule has 0 bridgehead atoms. The maximum absolute atomic E-state index is 12.9. The van der Waals surface area contributed by atoms with Gasteiger partial charge in [-0.25, -0.2) is 8.42 Å². The number of hydrogen-bond donors (Lipinski definition) is 1. The number of rotatable bonds is 8. The molecule has 0 spiro atoms. The highest BCUT2D eigenvalue weighted by atomic mass is 32.2. The van der Waals surface area contributed by atoms with Crippen molar-refractivity contribution in [3.63, 3.8) is 0 Å². The molecule has 0 heterocycles. The predicted molar refractivity (Wildman–Crippen MR) is 129 cm³/mol. The van der Waals surface area contributed by atoms with E-state index >= 15 is 0 Å². The first-order valence-electron chi connectivity index (χ1n) is 10.4. The maximum Gasteiger partial charge on any atom is 0.264 e. The lowest BCUT2D eigenvalue weighted by Gasteiger charge is -2.20. The summed E-state index contributed by atoms with van der Waals surface area (Å²) in [5.74, 6) is 1.01. The first kappa shape index (κ1) is 24.1. The second-order valence-electron chi connectivity index (χ2n) is 7.64. The van der Waals surface area contributed by atoms with Crippen molar-refractivity contribution in [2.75, 3.05) is 25.6 Å². The van der Waals surface area contributed by atoms with Crippen molar-refractivity contribution in [3.05, 3.63) is 83.4 Å². The highest BCUT2D eigenvalue weighted by molar-refractivity contribution is 7.92. The molecule has 0 radical (unpaired) electrons. The van der Waals surface area contributed by atoms with Crippen LogP contribution in [0.2, 0.25) is 0 Å². The quantitative estimate of drug-likeness (QED) is 0.532. The highest BCUT2D eigenvalue weighted by Crippen LogP contribution is 2.29. The molecule has 1 amide bonds. The lowest BCUT2D eigenvalue weighted by molar-refractivity contribution is 0.0939. The molecule has 3 aromatic carbocycles. The van der Waals surface area contributed by atoms with Crippen LogP contribution >= 0.6 is 0 Å². The third-order valence-electron chi connectivity index (χ3n) is 5.42. The zero-order chi connectivity index (χ0) is 24.2. The van der Waals surface area contributed by atoms with E-state index in [1.807, 2.05) is 19.9 Å². The average Bonchev–Trinajstić information content (AvgIpc) is 2.83. The lowest BCUT2D eigenvalue weighted by atomic mass is 10.1. The number of aryl methyl sites for hydroxylation is 1. The number of carbonyl (C=O) groups is 1. The predicted octanol–water partition coefficient (Wildman–Crippen LogP) is 4.33. The molecule has 0 unspecified atom stereocenters. The number of nitrogens with zero attached hydrogens (tertiary/aromatic N) is 1. The Kier molecular flexibility index (Phi) is 7.28. The van der Waals surface area contributed by atoms with Crippen LogP contribution < -0.4 is 19.1 Å². The molecule has 3 aromatic rings. The molecule has 7 nitrogen and oxygen atoms in total. The van der Waals surface area contributed by atoms with E-state index in [0.29, 0.717) is 22.7 Å². The Morgan fingerprint density at radius 3 is 2.15 bits per heavy atom. The standard InChI is InChI=1S/C25H28N2O5S/c1-17-6-13-22(14-7-17)33(29,30)27(3)20-10-8-19(9-11-20)25(28)26-18(2)23-16-21(31-4)12-15-24(23)32-5/h6-16,18H,1-5H3,(H,26,28)/t18-/m1/s1. The second kappa shape index (κ2) is 9.95. The Balaban J connectivity index is 1.76. The third kappa shape index (κ3) is 5.28. The first-order valence-corrected chi connectivity index (χ1v) is 11.8. The normalized spacial score (nSPS) is 12.0. The van der Waals surface area contributed by atoms with E-state index < -0.39 is 10.0 Å². The number of carbonyl (C=O) groups excluding carboxylic acids is 1. The van der Waals surface area contributed by atoms with Crippen molar-refractivity contribution in [1.82, 2.24) is 5.32 Å². The number of hydrogen-bond acceptors (Lipinski definition) is 5. The molecule has 0 saturated carbocycles. The van der Waals surface area contributed by atoms with Gasteiger partial charge in [0.05, 0.1) is 30.8 Å². The minimum atomic E-state index is -3.70. The van der Waals surface area contributed by atoms with E-state index in [9.17, 15) is 13.2 Å². The molecular formula is C25H28N2O5S. The van der Waals surface area contributed by atoms with Crippen LogP contribution in [-0.4, -0.2) is 35.6 Å². The van der Waals surface area contributed by atoms with Crippen LogP contribution in [0.1, 0.15) is 34.5 Å². The topological polar surface area (TPSA) is 84.9 Å². The molecule has 33 heavy (non-hydrogen) atoms. The minimum Gasteiger partial charge on any atom is -0.497 e. The second-order valence-corrected chi connectivity index (χ2v) is 9.60. The largest absolute Gasteiger partial charge is 0.497 e. The Morgan fingerprint density at radius 1 is 0.939 bits per heavy atom. The molecule has 3 rings (SSSR count). The van der Waals surface area contributed by atoms with Gasteiger partial charge in [-0.2, -0.15) is 0 Å². The third-order valence-corrected chi connectivity index (χ3v) is 7.22. The Bertz CT molecular complexity index is 1220. The first-order chi connectivity index (χ1) is 15.7. The van der Waals surface area contributed by atoms with Gasteiger partial charge in [0.25, 0.3) is 15.9 Å². The van der Waals surface area contributed by atoms with E-state index in [2.05, 4.69) is 5.32 Å². The van der Waals surface area contributed by atoms with Crippen LogP contribution in [0.3, 0.4) is 0 Å². The van der Waals surface area contributed by atoms with E-state index in [1.165, 1.54) is 11.4 Å². The molecule has 0 aliphatic heterocycles. The molecule has 1 N–H and O–H groups in total. The summed E-state index contributed by atoms with van der Waals surface area (Å²) < 4.78 is 37.7. The number of methoxy groups -OCH3 is 2. The fraction of sp³-hybridized carbons (Fsp3) is 0.240. The number of nitrogens with one attached hydrogen (secondary N) is 1. The van der Waals surface area contributed by atoms with Gasteiger partial charge in [0.15, 0.2) is 0 Å². The van der Waals surface area contributed by atoms with Crippen LogP contribution in [0.15, 0.2) is 71.6 Å². The van der Waals surface area contributed by atoms with Crippen LogP contribution in [0, 0.1) is 6.92 Å². The smallest absolute Gasteiger partial charge is 0.264 e. The van der Waals surface area contributed by atoms with Crippen molar-refractivity contribution in [3.8, 4) is 11.5 Å². The van der Waals surface area contributed by atoms with Crippen molar-refractivity contribution >= 4 is 21.6 Å². The van der Waals surface area contributed by atoms with Crippen LogP contribution in [0.5, 0.6) is 11.5 Å². The van der Waals surface area contributed by atoms with Gasteiger partial charge in [0.2, 0.25) is 0 Å². The molecule has 0 fully saturated rings. The van der Waals surface area contributed by atoms with Gasteiger partial charge in [-0.1, -0.05) is 17.7 Å². The zero-order valence-electron chi connectivity index (χ0n) is 19.3. The van der Waals surface area contributed by atoms with E-state index in [4.69, 9.17) is 9.47 Å². The Labute approximate surface area is 195 Å². The monoisotopic (exact) mass is 468 g/mol. The lowest BCUT2D eigenvalue weighted by Crippen LogP contribution is -2.28. The van der Waals surface area contributed by atoms with E-state index in [-0.39, 0.29) is 16.8 Å². The zero-order valence-corrected chi connectivity index (χ0v) is 20.1.